The zero-order valence-corrected chi connectivity index (χ0v) is 14.6. The van der Waals surface area contributed by atoms with E-state index in [1.807, 2.05) is 25.1 Å². The minimum absolute atomic E-state index is 0.297. The number of hydrogen-bond acceptors (Lipinski definition) is 3. The number of aryl methyl sites for hydroxylation is 1. The summed E-state index contributed by atoms with van der Waals surface area (Å²) in [5, 5.41) is 0. The average molecular weight is 379 g/mol. The number of thioether (sulfide) groups is 1. The lowest BCUT2D eigenvalue weighted by Gasteiger charge is -2.14. The largest absolute Gasteiger partial charge is 0.416 e. The maximum absolute atomic E-state index is 12.8. The second kappa shape index (κ2) is 6.65. The minimum atomic E-state index is -4.43. The van der Waals surface area contributed by atoms with Gasteiger partial charge in [-0.15, -0.1) is 0 Å². The van der Waals surface area contributed by atoms with Gasteiger partial charge in [-0.05, 0) is 48.4 Å². The van der Waals surface area contributed by atoms with Crippen molar-refractivity contribution < 1.29 is 18.0 Å². The van der Waals surface area contributed by atoms with Crippen molar-refractivity contribution in [2.75, 3.05) is 4.90 Å². The maximum atomic E-state index is 12.8. The number of carbonyl (C=O) groups excluding carboxylic acids is 1. The van der Waals surface area contributed by atoms with Gasteiger partial charge in [0.1, 0.15) is 0 Å². The van der Waals surface area contributed by atoms with E-state index < -0.39 is 11.7 Å². The molecule has 0 radical (unpaired) electrons. The summed E-state index contributed by atoms with van der Waals surface area (Å²) >= 11 is 6.35. The molecule has 0 atom stereocenters. The Morgan fingerprint density at radius 3 is 2.52 bits per heavy atom. The van der Waals surface area contributed by atoms with E-state index in [0.29, 0.717) is 20.5 Å². The summed E-state index contributed by atoms with van der Waals surface area (Å²) < 4.78 is 38.8. The Kier molecular flexibility index (Phi) is 4.71. The third kappa shape index (κ3) is 3.77. The van der Waals surface area contributed by atoms with Crippen molar-refractivity contribution in [3.05, 3.63) is 70.1 Å². The molecule has 1 aliphatic heterocycles. The van der Waals surface area contributed by atoms with E-state index in [4.69, 9.17) is 12.2 Å². The molecule has 0 saturated carbocycles. The summed E-state index contributed by atoms with van der Waals surface area (Å²) in [5.41, 5.74) is 1.18. The molecule has 2 aromatic carbocycles. The lowest BCUT2D eigenvalue weighted by atomic mass is 10.1. The van der Waals surface area contributed by atoms with Crippen molar-refractivity contribution in [1.29, 1.82) is 0 Å². The Labute approximate surface area is 152 Å². The second-order valence-corrected chi connectivity index (χ2v) is 7.16. The number of thiocarbonyl (C=S) groups is 1. The molecule has 7 heteroatoms. The monoisotopic (exact) mass is 379 g/mol. The number of alkyl halides is 3. The summed E-state index contributed by atoms with van der Waals surface area (Å²) in [7, 11) is 0. The summed E-state index contributed by atoms with van der Waals surface area (Å²) in [5.74, 6) is -0.335. The topological polar surface area (TPSA) is 20.3 Å². The van der Waals surface area contributed by atoms with Crippen LogP contribution in [0.25, 0.3) is 6.08 Å². The molecule has 128 valence electrons. The van der Waals surface area contributed by atoms with Gasteiger partial charge in [0, 0.05) is 0 Å². The van der Waals surface area contributed by atoms with Crippen LogP contribution >= 0.6 is 24.0 Å². The van der Waals surface area contributed by atoms with Crippen molar-refractivity contribution in [1.82, 2.24) is 0 Å². The molecule has 0 aromatic heterocycles. The molecule has 1 saturated heterocycles. The van der Waals surface area contributed by atoms with Gasteiger partial charge in [0.05, 0.1) is 16.2 Å². The first-order chi connectivity index (χ1) is 11.8. The summed E-state index contributed by atoms with van der Waals surface area (Å²) in [6.07, 6.45) is -2.99. The molecule has 0 N–H and O–H groups in total. The zero-order chi connectivity index (χ0) is 18.2. The van der Waals surface area contributed by atoms with Crippen LogP contribution in [-0.4, -0.2) is 10.2 Å². The van der Waals surface area contributed by atoms with Gasteiger partial charge in [0.25, 0.3) is 5.91 Å². The van der Waals surface area contributed by atoms with Gasteiger partial charge in [-0.2, -0.15) is 13.2 Å². The first-order valence-corrected chi connectivity index (χ1v) is 8.50. The van der Waals surface area contributed by atoms with Crippen molar-refractivity contribution >= 4 is 46.0 Å². The van der Waals surface area contributed by atoms with E-state index in [9.17, 15) is 18.0 Å². The van der Waals surface area contributed by atoms with Gasteiger partial charge in [-0.25, -0.2) is 0 Å². The van der Waals surface area contributed by atoms with E-state index in [1.54, 1.807) is 6.07 Å². The fourth-order valence-electron chi connectivity index (χ4n) is 2.41. The molecule has 2 nitrogen and oxygen atoms in total. The fourth-order valence-corrected chi connectivity index (χ4v) is 3.71. The fraction of sp³-hybridized carbons (Fsp3) is 0.111. The number of carbonyl (C=O) groups is 1. The summed E-state index contributed by atoms with van der Waals surface area (Å²) in [6, 6.07) is 12.2. The minimum Gasteiger partial charge on any atom is -0.268 e. The normalized spacial score (nSPS) is 16.8. The Bertz CT molecular complexity index is 890. The molecule has 3 rings (SSSR count). The van der Waals surface area contributed by atoms with Crippen LogP contribution in [0.2, 0.25) is 0 Å². The van der Waals surface area contributed by atoms with Gasteiger partial charge in [0.2, 0.25) is 0 Å². The van der Waals surface area contributed by atoms with E-state index >= 15 is 0 Å². The van der Waals surface area contributed by atoms with Crippen LogP contribution in [0.15, 0.2) is 53.4 Å². The van der Waals surface area contributed by atoms with Gasteiger partial charge >= 0.3 is 6.18 Å². The molecular formula is C18H12F3NOS2. The molecule has 0 aliphatic carbocycles. The highest BCUT2D eigenvalue weighted by molar-refractivity contribution is 8.27. The summed E-state index contributed by atoms with van der Waals surface area (Å²) in [4.78, 5) is 14.3. The van der Waals surface area contributed by atoms with Crippen LogP contribution in [-0.2, 0) is 11.0 Å². The van der Waals surface area contributed by atoms with Gasteiger partial charge in [-0.1, -0.05) is 48.2 Å². The maximum Gasteiger partial charge on any atom is 0.416 e. The highest BCUT2D eigenvalue weighted by Crippen LogP contribution is 2.37. The zero-order valence-electron chi connectivity index (χ0n) is 13.0. The van der Waals surface area contributed by atoms with Crippen molar-refractivity contribution in [2.45, 2.75) is 13.1 Å². The van der Waals surface area contributed by atoms with Gasteiger partial charge in [0.15, 0.2) is 4.32 Å². The first kappa shape index (κ1) is 17.7. The SMILES string of the molecule is Cc1cccc(N2C(=O)/C(=C/c3cccc(C(F)(F)F)c3)SC2=S)c1. The van der Waals surface area contributed by atoms with Crippen molar-refractivity contribution in [3.8, 4) is 0 Å². The van der Waals surface area contributed by atoms with Crippen molar-refractivity contribution in [3.63, 3.8) is 0 Å². The molecule has 2 aromatic rings. The Morgan fingerprint density at radius 2 is 1.84 bits per heavy atom. The Hall–Kier alpha value is -2.12. The molecule has 0 spiro atoms. The highest BCUT2D eigenvalue weighted by atomic mass is 32.2. The van der Waals surface area contributed by atoms with Crippen LogP contribution in [0.4, 0.5) is 18.9 Å². The van der Waals surface area contributed by atoms with Crippen LogP contribution in [0, 0.1) is 6.92 Å². The number of amides is 1. The summed E-state index contributed by atoms with van der Waals surface area (Å²) in [6.45, 7) is 1.90. The van der Waals surface area contributed by atoms with Gasteiger partial charge in [-0.3, -0.25) is 9.69 Å². The molecule has 1 aliphatic rings. The van der Waals surface area contributed by atoms with Crippen LogP contribution in [0.3, 0.4) is 0 Å². The number of benzene rings is 2. The number of hydrogen-bond donors (Lipinski definition) is 0. The molecule has 0 bridgehead atoms. The van der Waals surface area contributed by atoms with Crippen LogP contribution < -0.4 is 4.90 Å². The highest BCUT2D eigenvalue weighted by Gasteiger charge is 2.34. The molecule has 0 unspecified atom stereocenters. The Balaban J connectivity index is 1.93. The number of halogens is 3. The third-order valence-electron chi connectivity index (χ3n) is 3.57. The molecular weight excluding hydrogens is 367 g/mol. The number of nitrogens with zero attached hydrogens (tertiary/aromatic N) is 1. The Morgan fingerprint density at radius 1 is 1.12 bits per heavy atom. The molecule has 1 fully saturated rings. The molecule has 1 amide bonds. The van der Waals surface area contributed by atoms with E-state index in [0.717, 1.165) is 29.5 Å². The van der Waals surface area contributed by atoms with Crippen LogP contribution in [0.1, 0.15) is 16.7 Å². The third-order valence-corrected chi connectivity index (χ3v) is 4.87. The quantitative estimate of drug-likeness (QED) is 0.513. The smallest absolute Gasteiger partial charge is 0.268 e. The van der Waals surface area contributed by atoms with E-state index in [1.165, 1.54) is 23.1 Å². The molecule has 25 heavy (non-hydrogen) atoms. The van der Waals surface area contributed by atoms with E-state index in [2.05, 4.69) is 0 Å². The lowest BCUT2D eigenvalue weighted by molar-refractivity contribution is -0.137. The van der Waals surface area contributed by atoms with E-state index in [-0.39, 0.29) is 5.91 Å². The predicted molar refractivity (Wildman–Crippen MR) is 98.3 cm³/mol. The second-order valence-electron chi connectivity index (χ2n) is 5.48. The standard InChI is InChI=1S/C18H12F3NOS2/c1-11-4-2-7-14(8-11)22-16(23)15(25-17(22)24)10-12-5-3-6-13(9-12)18(19,20)21/h2-10H,1H3/b15-10-. The first-order valence-electron chi connectivity index (χ1n) is 7.27. The lowest BCUT2D eigenvalue weighted by Crippen LogP contribution is -2.27. The number of rotatable bonds is 2. The van der Waals surface area contributed by atoms with Crippen molar-refractivity contribution in [2.24, 2.45) is 0 Å². The number of anilines is 1. The molecule has 1 heterocycles. The van der Waals surface area contributed by atoms with Crippen LogP contribution in [0.5, 0.6) is 0 Å². The average Bonchev–Trinajstić information content (AvgIpc) is 2.81. The predicted octanol–water partition coefficient (Wildman–Crippen LogP) is 5.42. The van der Waals surface area contributed by atoms with Gasteiger partial charge < -0.3 is 0 Å².